The SMILES string of the molecule is CC(C)c1ccc2c(c1NC(=O)NS(=O)(=O)c1cccs1)CCC2C(C)(C)O. The molecule has 28 heavy (non-hydrogen) atoms. The molecule has 6 nitrogen and oxygen atoms in total. The number of urea groups is 1. The average molecular weight is 423 g/mol. The standard InChI is InChI=1S/C20H26N2O4S2/c1-12(2)13-7-8-14-15(9-10-16(14)20(3,4)24)18(13)21-19(23)22-28(25,26)17-6-5-11-27-17/h5-8,11-12,16,24H,9-10H2,1-4H3,(H2,21,22,23). The minimum atomic E-state index is -3.90. The van der Waals surface area contributed by atoms with Crippen molar-refractivity contribution in [1.29, 1.82) is 0 Å². The highest BCUT2D eigenvalue weighted by molar-refractivity contribution is 7.92. The number of nitrogens with one attached hydrogen (secondary N) is 2. The van der Waals surface area contributed by atoms with Gasteiger partial charge in [0.25, 0.3) is 10.0 Å². The zero-order valence-corrected chi connectivity index (χ0v) is 18.1. The highest BCUT2D eigenvalue weighted by atomic mass is 32.2. The number of benzene rings is 1. The largest absolute Gasteiger partial charge is 0.390 e. The second-order valence-electron chi connectivity index (χ2n) is 7.99. The van der Waals surface area contributed by atoms with Crippen molar-refractivity contribution in [2.24, 2.45) is 0 Å². The Morgan fingerprint density at radius 3 is 2.57 bits per heavy atom. The van der Waals surface area contributed by atoms with Crippen molar-refractivity contribution in [2.45, 2.75) is 62.2 Å². The number of thiophene rings is 1. The fourth-order valence-electron chi connectivity index (χ4n) is 3.81. The van der Waals surface area contributed by atoms with Gasteiger partial charge < -0.3 is 10.4 Å². The predicted octanol–water partition coefficient (Wildman–Crippen LogP) is 4.18. The quantitative estimate of drug-likeness (QED) is 0.673. The number of amides is 2. The first-order chi connectivity index (χ1) is 13.0. The van der Waals surface area contributed by atoms with Crippen LogP contribution in [0, 0.1) is 0 Å². The van der Waals surface area contributed by atoms with E-state index in [-0.39, 0.29) is 16.0 Å². The number of hydrogen-bond acceptors (Lipinski definition) is 5. The van der Waals surface area contributed by atoms with Crippen LogP contribution in [0.15, 0.2) is 33.9 Å². The van der Waals surface area contributed by atoms with Crippen molar-refractivity contribution in [3.05, 3.63) is 46.3 Å². The summed E-state index contributed by atoms with van der Waals surface area (Å²) in [7, 11) is -3.90. The molecule has 1 heterocycles. The minimum absolute atomic E-state index is 0.0258. The van der Waals surface area contributed by atoms with Crippen LogP contribution in [-0.4, -0.2) is 25.2 Å². The lowest BCUT2D eigenvalue weighted by Crippen LogP contribution is -2.34. The lowest BCUT2D eigenvalue weighted by atomic mass is 9.85. The molecule has 0 spiro atoms. The van der Waals surface area contributed by atoms with Gasteiger partial charge in [0.2, 0.25) is 0 Å². The fourth-order valence-corrected chi connectivity index (χ4v) is 5.71. The zero-order chi connectivity index (χ0) is 20.7. The summed E-state index contributed by atoms with van der Waals surface area (Å²) in [6.07, 6.45) is 1.50. The molecule has 0 radical (unpaired) electrons. The summed E-state index contributed by atoms with van der Waals surface area (Å²) in [5.41, 5.74) is 2.71. The van der Waals surface area contributed by atoms with Crippen LogP contribution in [0.2, 0.25) is 0 Å². The van der Waals surface area contributed by atoms with E-state index in [2.05, 4.69) is 10.0 Å². The molecule has 152 valence electrons. The molecule has 1 aromatic carbocycles. The first-order valence-electron chi connectivity index (χ1n) is 9.26. The van der Waals surface area contributed by atoms with Gasteiger partial charge in [-0.2, -0.15) is 0 Å². The first kappa shape index (κ1) is 20.8. The van der Waals surface area contributed by atoms with Crippen LogP contribution in [-0.2, 0) is 16.4 Å². The van der Waals surface area contributed by atoms with E-state index >= 15 is 0 Å². The highest BCUT2D eigenvalue weighted by Gasteiger charge is 2.36. The molecule has 3 N–H and O–H groups in total. The summed E-state index contributed by atoms with van der Waals surface area (Å²) in [5, 5.41) is 14.9. The van der Waals surface area contributed by atoms with Crippen LogP contribution in [0.3, 0.4) is 0 Å². The van der Waals surface area contributed by atoms with Gasteiger partial charge in [-0.1, -0.05) is 32.0 Å². The van der Waals surface area contributed by atoms with E-state index in [1.54, 1.807) is 25.3 Å². The Bertz CT molecular complexity index is 974. The average Bonchev–Trinajstić information content (AvgIpc) is 3.23. The molecule has 1 aliphatic rings. The summed E-state index contributed by atoms with van der Waals surface area (Å²) in [4.78, 5) is 12.5. The van der Waals surface area contributed by atoms with Crippen LogP contribution < -0.4 is 10.0 Å². The van der Waals surface area contributed by atoms with Gasteiger partial charge in [0.05, 0.1) is 5.60 Å². The lowest BCUT2D eigenvalue weighted by Gasteiger charge is -2.27. The molecular formula is C20H26N2O4S2. The van der Waals surface area contributed by atoms with Crippen LogP contribution in [0.1, 0.15) is 62.6 Å². The van der Waals surface area contributed by atoms with Gasteiger partial charge in [0.15, 0.2) is 0 Å². The second kappa shape index (κ2) is 7.50. The van der Waals surface area contributed by atoms with E-state index in [1.807, 2.05) is 26.0 Å². The number of aliphatic hydroxyl groups is 1. The number of carbonyl (C=O) groups excluding carboxylic acids is 1. The number of fused-ring (bicyclic) bond motifs is 1. The third kappa shape index (κ3) is 4.09. The predicted molar refractivity (Wildman–Crippen MR) is 112 cm³/mol. The van der Waals surface area contributed by atoms with Crippen molar-refractivity contribution < 1.29 is 18.3 Å². The van der Waals surface area contributed by atoms with Gasteiger partial charge in [0.1, 0.15) is 4.21 Å². The van der Waals surface area contributed by atoms with Crippen molar-refractivity contribution in [1.82, 2.24) is 4.72 Å². The normalized spacial score (nSPS) is 16.9. The molecule has 2 amide bonds. The topological polar surface area (TPSA) is 95.5 Å². The summed E-state index contributed by atoms with van der Waals surface area (Å²) in [6, 6.07) is 6.27. The smallest absolute Gasteiger partial charge is 0.333 e. The molecule has 0 bridgehead atoms. The third-order valence-electron chi connectivity index (χ3n) is 5.14. The molecule has 0 aliphatic heterocycles. The van der Waals surface area contributed by atoms with Crippen LogP contribution >= 0.6 is 11.3 Å². The summed E-state index contributed by atoms with van der Waals surface area (Å²) in [6.45, 7) is 7.62. The van der Waals surface area contributed by atoms with E-state index in [4.69, 9.17) is 0 Å². The highest BCUT2D eigenvalue weighted by Crippen LogP contribution is 2.45. The molecule has 3 rings (SSSR count). The molecule has 1 unspecified atom stereocenters. The molecule has 0 saturated carbocycles. The summed E-state index contributed by atoms with van der Waals surface area (Å²) in [5.74, 6) is 0.123. The molecule has 1 atom stereocenters. The summed E-state index contributed by atoms with van der Waals surface area (Å²) >= 11 is 1.05. The number of anilines is 1. The third-order valence-corrected chi connectivity index (χ3v) is 7.87. The zero-order valence-electron chi connectivity index (χ0n) is 16.4. The molecular weight excluding hydrogens is 396 g/mol. The Morgan fingerprint density at radius 1 is 1.29 bits per heavy atom. The van der Waals surface area contributed by atoms with Gasteiger partial charge in [0, 0.05) is 11.6 Å². The molecule has 1 aromatic heterocycles. The van der Waals surface area contributed by atoms with Crippen molar-refractivity contribution in [2.75, 3.05) is 5.32 Å². The van der Waals surface area contributed by atoms with Gasteiger partial charge in [-0.05, 0) is 60.7 Å². The second-order valence-corrected chi connectivity index (χ2v) is 10.8. The Labute approximate surface area is 170 Å². The maximum absolute atomic E-state index is 12.5. The van der Waals surface area contributed by atoms with Crippen molar-refractivity contribution >= 4 is 33.1 Å². The molecule has 1 aliphatic carbocycles. The van der Waals surface area contributed by atoms with Crippen molar-refractivity contribution in [3.63, 3.8) is 0 Å². The van der Waals surface area contributed by atoms with Crippen LogP contribution in [0.25, 0.3) is 0 Å². The molecule has 8 heteroatoms. The van der Waals surface area contributed by atoms with E-state index in [9.17, 15) is 18.3 Å². The van der Waals surface area contributed by atoms with E-state index < -0.39 is 21.7 Å². The van der Waals surface area contributed by atoms with Gasteiger partial charge in [-0.15, -0.1) is 11.3 Å². The Morgan fingerprint density at radius 2 is 2.00 bits per heavy atom. The first-order valence-corrected chi connectivity index (χ1v) is 11.6. The van der Waals surface area contributed by atoms with E-state index in [1.165, 1.54) is 6.07 Å². The maximum atomic E-state index is 12.5. The monoisotopic (exact) mass is 422 g/mol. The number of rotatable bonds is 5. The van der Waals surface area contributed by atoms with Crippen LogP contribution in [0.5, 0.6) is 0 Å². The Kier molecular flexibility index (Phi) is 5.58. The number of sulfonamides is 1. The Hall–Kier alpha value is -1.90. The number of carbonyl (C=O) groups is 1. The fraction of sp³-hybridized carbons (Fsp3) is 0.450. The molecule has 2 aromatic rings. The maximum Gasteiger partial charge on any atom is 0.333 e. The van der Waals surface area contributed by atoms with Gasteiger partial charge >= 0.3 is 6.03 Å². The summed E-state index contributed by atoms with van der Waals surface area (Å²) < 4.78 is 26.8. The van der Waals surface area contributed by atoms with Crippen LogP contribution in [0.4, 0.5) is 10.5 Å². The van der Waals surface area contributed by atoms with Gasteiger partial charge in [-0.25, -0.2) is 17.9 Å². The van der Waals surface area contributed by atoms with E-state index in [0.717, 1.165) is 40.9 Å². The van der Waals surface area contributed by atoms with Crippen molar-refractivity contribution in [3.8, 4) is 0 Å². The number of hydrogen-bond donors (Lipinski definition) is 3. The molecule has 0 saturated heterocycles. The van der Waals surface area contributed by atoms with E-state index in [0.29, 0.717) is 5.69 Å². The lowest BCUT2D eigenvalue weighted by molar-refractivity contribution is 0.0502. The van der Waals surface area contributed by atoms with Gasteiger partial charge in [-0.3, -0.25) is 0 Å². The Balaban J connectivity index is 1.93. The molecule has 0 fully saturated rings. The minimum Gasteiger partial charge on any atom is -0.390 e.